The quantitative estimate of drug-likeness (QED) is 0.855. The fourth-order valence-electron chi connectivity index (χ4n) is 3.33. The van der Waals surface area contributed by atoms with Crippen molar-refractivity contribution in [3.63, 3.8) is 0 Å². The number of halogens is 1. The van der Waals surface area contributed by atoms with E-state index in [4.69, 9.17) is 14.3 Å². The minimum absolute atomic E-state index is 0.0604. The van der Waals surface area contributed by atoms with Gasteiger partial charge >= 0.3 is 5.97 Å². The lowest BCUT2D eigenvalue weighted by molar-refractivity contribution is -0.130. The summed E-state index contributed by atoms with van der Waals surface area (Å²) in [5, 5.41) is 11.9. The number of carbonyl (C=O) groups is 2. The van der Waals surface area contributed by atoms with Gasteiger partial charge in [-0.2, -0.15) is 0 Å². The van der Waals surface area contributed by atoms with Crippen molar-refractivity contribution >= 4 is 11.9 Å². The van der Waals surface area contributed by atoms with Gasteiger partial charge in [-0.05, 0) is 43.5 Å². The lowest BCUT2D eigenvalue weighted by atomic mass is 9.73. The highest BCUT2D eigenvalue weighted by atomic mass is 19.1. The second kappa shape index (κ2) is 7.29. The lowest BCUT2D eigenvalue weighted by Gasteiger charge is -2.36. The molecular weight excluding hydrogens is 341 g/mol. The van der Waals surface area contributed by atoms with Crippen LogP contribution in [0.2, 0.25) is 0 Å². The van der Waals surface area contributed by atoms with Crippen LogP contribution in [-0.2, 0) is 21.5 Å². The molecule has 1 aliphatic rings. The van der Waals surface area contributed by atoms with Crippen LogP contribution in [0.4, 0.5) is 4.39 Å². The van der Waals surface area contributed by atoms with E-state index in [9.17, 15) is 14.0 Å². The zero-order valence-electron chi connectivity index (χ0n) is 14.4. The normalized spacial score (nSPS) is 16.2. The number of amides is 1. The van der Waals surface area contributed by atoms with Crippen LogP contribution < -0.4 is 5.32 Å². The van der Waals surface area contributed by atoms with E-state index in [1.54, 1.807) is 19.1 Å². The standard InChI is InChI=1S/C19H20FNO5/c1-12-16(17(22)23)10-15(26-12)11-21-18(24)19(5-7-25-8-6-19)13-3-2-4-14(20)9-13/h2-4,9-10H,5-8,11H2,1H3,(H,21,24)(H,22,23). The van der Waals surface area contributed by atoms with Crippen LogP contribution in [0.5, 0.6) is 0 Å². The number of rotatable bonds is 5. The molecule has 1 aromatic carbocycles. The molecule has 0 saturated carbocycles. The molecule has 1 aliphatic heterocycles. The molecule has 0 radical (unpaired) electrons. The molecule has 0 unspecified atom stereocenters. The summed E-state index contributed by atoms with van der Waals surface area (Å²) in [6.45, 7) is 2.44. The van der Waals surface area contributed by atoms with Gasteiger partial charge in [-0.15, -0.1) is 0 Å². The van der Waals surface area contributed by atoms with Crippen LogP contribution in [0.3, 0.4) is 0 Å². The molecule has 6 nitrogen and oxygen atoms in total. The molecule has 26 heavy (non-hydrogen) atoms. The highest BCUT2D eigenvalue weighted by Crippen LogP contribution is 2.35. The van der Waals surface area contributed by atoms with Gasteiger partial charge in [0, 0.05) is 13.2 Å². The number of hydrogen-bond donors (Lipinski definition) is 2. The van der Waals surface area contributed by atoms with Gasteiger partial charge in [-0.3, -0.25) is 4.79 Å². The summed E-state index contributed by atoms with van der Waals surface area (Å²) >= 11 is 0. The van der Waals surface area contributed by atoms with Gasteiger partial charge in [0.2, 0.25) is 5.91 Å². The molecule has 1 aromatic heterocycles. The zero-order valence-corrected chi connectivity index (χ0v) is 14.4. The first-order valence-electron chi connectivity index (χ1n) is 8.37. The van der Waals surface area contributed by atoms with Crippen LogP contribution in [0, 0.1) is 12.7 Å². The molecule has 1 saturated heterocycles. The van der Waals surface area contributed by atoms with Crippen LogP contribution >= 0.6 is 0 Å². The number of carboxylic acid groups (broad SMARTS) is 1. The number of nitrogens with one attached hydrogen (secondary N) is 1. The topological polar surface area (TPSA) is 88.8 Å². The van der Waals surface area contributed by atoms with Crippen molar-refractivity contribution in [2.45, 2.75) is 31.7 Å². The number of carbonyl (C=O) groups excluding carboxylic acids is 1. The van der Waals surface area contributed by atoms with E-state index in [1.165, 1.54) is 18.2 Å². The number of aromatic carboxylic acids is 1. The first-order chi connectivity index (χ1) is 12.4. The predicted octanol–water partition coefficient (Wildman–Crippen LogP) is 2.79. The molecule has 2 heterocycles. The highest BCUT2D eigenvalue weighted by molar-refractivity contribution is 5.89. The fourth-order valence-corrected chi connectivity index (χ4v) is 3.33. The minimum atomic E-state index is -1.08. The van der Waals surface area contributed by atoms with Crippen LogP contribution in [0.15, 0.2) is 34.7 Å². The summed E-state index contributed by atoms with van der Waals surface area (Å²) < 4.78 is 24.5. The number of furan rings is 1. The maximum absolute atomic E-state index is 13.7. The van der Waals surface area contributed by atoms with E-state index in [0.717, 1.165) is 0 Å². The van der Waals surface area contributed by atoms with Gasteiger partial charge in [0.25, 0.3) is 0 Å². The Labute approximate surface area is 150 Å². The number of carboxylic acids is 1. The summed E-state index contributed by atoms with van der Waals surface area (Å²) in [5.41, 5.74) is -0.197. The zero-order chi connectivity index (χ0) is 18.7. The molecule has 1 fully saturated rings. The van der Waals surface area contributed by atoms with E-state index in [2.05, 4.69) is 5.32 Å². The number of aryl methyl sites for hydroxylation is 1. The fraction of sp³-hybridized carbons (Fsp3) is 0.368. The third-order valence-corrected chi connectivity index (χ3v) is 4.78. The van der Waals surface area contributed by atoms with Gasteiger partial charge < -0.3 is 19.6 Å². The second-order valence-corrected chi connectivity index (χ2v) is 6.38. The summed E-state index contributed by atoms with van der Waals surface area (Å²) in [6, 6.07) is 7.45. The van der Waals surface area contributed by atoms with Gasteiger partial charge in [0.05, 0.1) is 12.0 Å². The van der Waals surface area contributed by atoms with E-state index in [-0.39, 0.29) is 23.8 Å². The molecule has 3 rings (SSSR count). The van der Waals surface area contributed by atoms with E-state index in [0.29, 0.717) is 37.4 Å². The Morgan fingerprint density at radius 1 is 1.27 bits per heavy atom. The lowest BCUT2D eigenvalue weighted by Crippen LogP contribution is -2.47. The van der Waals surface area contributed by atoms with E-state index >= 15 is 0 Å². The van der Waals surface area contributed by atoms with Crippen molar-refractivity contribution in [2.75, 3.05) is 13.2 Å². The largest absolute Gasteiger partial charge is 0.478 e. The minimum Gasteiger partial charge on any atom is -0.478 e. The molecule has 0 aliphatic carbocycles. The summed E-state index contributed by atoms with van der Waals surface area (Å²) in [7, 11) is 0. The van der Waals surface area contributed by atoms with Crippen molar-refractivity contribution in [1.82, 2.24) is 5.32 Å². The highest BCUT2D eigenvalue weighted by Gasteiger charge is 2.41. The molecule has 2 N–H and O–H groups in total. The van der Waals surface area contributed by atoms with Crippen LogP contribution in [0.25, 0.3) is 0 Å². The molecule has 0 spiro atoms. The first-order valence-corrected chi connectivity index (χ1v) is 8.37. The van der Waals surface area contributed by atoms with E-state index in [1.807, 2.05) is 0 Å². The van der Waals surface area contributed by atoms with Gasteiger partial charge in [0.15, 0.2) is 0 Å². The van der Waals surface area contributed by atoms with Crippen molar-refractivity contribution in [1.29, 1.82) is 0 Å². The number of hydrogen-bond acceptors (Lipinski definition) is 4. The molecule has 0 bridgehead atoms. The summed E-state index contributed by atoms with van der Waals surface area (Å²) in [5.74, 6) is -1.09. The third-order valence-electron chi connectivity index (χ3n) is 4.78. The third kappa shape index (κ3) is 3.48. The van der Waals surface area contributed by atoms with Crippen molar-refractivity contribution < 1.29 is 28.2 Å². The smallest absolute Gasteiger partial charge is 0.339 e. The van der Waals surface area contributed by atoms with Gasteiger partial charge in [0.1, 0.15) is 22.9 Å². The molecule has 7 heteroatoms. The van der Waals surface area contributed by atoms with Crippen molar-refractivity contribution in [2.24, 2.45) is 0 Å². The average molecular weight is 361 g/mol. The van der Waals surface area contributed by atoms with Gasteiger partial charge in [-0.25, -0.2) is 9.18 Å². The summed E-state index contributed by atoms with van der Waals surface area (Å²) in [6.07, 6.45) is 0.889. The Kier molecular flexibility index (Phi) is 5.08. The molecule has 138 valence electrons. The Balaban J connectivity index is 1.80. The van der Waals surface area contributed by atoms with Crippen molar-refractivity contribution in [3.8, 4) is 0 Å². The van der Waals surface area contributed by atoms with Crippen molar-refractivity contribution in [3.05, 3.63) is 58.8 Å². The SMILES string of the molecule is Cc1oc(CNC(=O)C2(c3cccc(F)c3)CCOCC2)cc1C(=O)O. The average Bonchev–Trinajstić information content (AvgIpc) is 3.01. The van der Waals surface area contributed by atoms with E-state index < -0.39 is 17.2 Å². The van der Waals surface area contributed by atoms with Gasteiger partial charge in [-0.1, -0.05) is 12.1 Å². The van der Waals surface area contributed by atoms with Crippen LogP contribution in [-0.4, -0.2) is 30.2 Å². The molecular formula is C19H20FNO5. The maximum atomic E-state index is 13.7. The molecule has 1 amide bonds. The van der Waals surface area contributed by atoms with Crippen LogP contribution in [0.1, 0.15) is 40.3 Å². The summed E-state index contributed by atoms with van der Waals surface area (Å²) in [4.78, 5) is 24.1. The Morgan fingerprint density at radius 3 is 2.62 bits per heavy atom. The second-order valence-electron chi connectivity index (χ2n) is 6.38. The predicted molar refractivity (Wildman–Crippen MR) is 90.4 cm³/mol. The first kappa shape index (κ1) is 18.1. The Hall–Kier alpha value is -2.67. The maximum Gasteiger partial charge on any atom is 0.339 e. The number of ether oxygens (including phenoxy) is 1. The monoisotopic (exact) mass is 361 g/mol. The molecule has 2 aromatic rings. The molecule has 0 atom stereocenters. The Morgan fingerprint density at radius 2 is 2.00 bits per heavy atom. The number of benzene rings is 1. The Bertz CT molecular complexity index is 823.